The topological polar surface area (TPSA) is 26.0 Å². The molecule has 0 aliphatic heterocycles. The zero-order chi connectivity index (χ0) is 35.2. The molecule has 3 aromatic carbocycles. The third kappa shape index (κ3) is 9.07. The number of rotatable bonds is 7. The highest BCUT2D eigenvalue weighted by atomic mass is 31.1. The zero-order valence-electron chi connectivity index (χ0n) is 32.9. The van der Waals surface area contributed by atoms with Crippen LogP contribution in [0.15, 0.2) is 36.4 Å². The number of nitrogen functional groups attached to an aromatic ring is 1. The molecule has 0 saturated heterocycles. The summed E-state index contributed by atoms with van der Waals surface area (Å²) in [5.41, 5.74) is 23.5. The first-order chi connectivity index (χ1) is 20.7. The summed E-state index contributed by atoms with van der Waals surface area (Å²) in [6, 6.07) is 14.8. The van der Waals surface area contributed by atoms with Crippen LogP contribution in [0.25, 0.3) is 11.1 Å². The molecule has 0 aliphatic rings. The fraction of sp³-hybridized carbons (Fsp3) is 0.591. The first-order valence-electron chi connectivity index (χ1n) is 17.7. The molecular weight excluding hydrogens is 573 g/mol. The van der Waals surface area contributed by atoms with E-state index in [-0.39, 0.29) is 27.1 Å². The fourth-order valence-electron chi connectivity index (χ4n) is 6.68. The van der Waals surface area contributed by atoms with E-state index in [4.69, 9.17) is 5.73 Å². The van der Waals surface area contributed by atoms with Crippen LogP contribution in [0.3, 0.4) is 0 Å². The summed E-state index contributed by atoms with van der Waals surface area (Å²) in [6.45, 7) is 39.8. The summed E-state index contributed by atoms with van der Waals surface area (Å²) >= 11 is 0. The Morgan fingerprint density at radius 2 is 1.02 bits per heavy atom. The Morgan fingerprint density at radius 3 is 1.50 bits per heavy atom. The van der Waals surface area contributed by atoms with Crippen molar-refractivity contribution < 1.29 is 0 Å². The van der Waals surface area contributed by atoms with Crippen molar-refractivity contribution >= 4 is 14.3 Å². The molecule has 2 N–H and O–H groups in total. The molecule has 1 nitrogen and oxygen atoms in total. The number of aryl methyl sites for hydroxylation is 2. The van der Waals surface area contributed by atoms with Gasteiger partial charge in [-0.3, -0.25) is 0 Å². The van der Waals surface area contributed by atoms with Crippen LogP contribution in [0.4, 0.5) is 5.69 Å². The van der Waals surface area contributed by atoms with Gasteiger partial charge in [0.1, 0.15) is 0 Å². The van der Waals surface area contributed by atoms with Crippen LogP contribution < -0.4 is 5.73 Å². The molecule has 3 rings (SSSR count). The van der Waals surface area contributed by atoms with Gasteiger partial charge in [0.25, 0.3) is 0 Å². The molecule has 0 bridgehead atoms. The number of nitrogens with two attached hydrogens (primary N) is 1. The second-order valence-corrected chi connectivity index (χ2v) is 20.5. The Labute approximate surface area is 286 Å². The van der Waals surface area contributed by atoms with E-state index in [1.165, 1.54) is 68.2 Å². The molecule has 1 atom stereocenters. The van der Waals surface area contributed by atoms with Crippen LogP contribution in [0.5, 0.6) is 0 Å². The maximum atomic E-state index is 6.50. The molecule has 1 unspecified atom stereocenters. The molecule has 3 aromatic rings. The van der Waals surface area contributed by atoms with Crippen molar-refractivity contribution in [2.45, 2.75) is 164 Å². The van der Waals surface area contributed by atoms with E-state index in [1.54, 1.807) is 5.56 Å². The van der Waals surface area contributed by atoms with Crippen LogP contribution >= 0.6 is 8.58 Å². The summed E-state index contributed by atoms with van der Waals surface area (Å²) in [4.78, 5) is 0. The highest BCUT2D eigenvalue weighted by Crippen LogP contribution is 2.44. The smallest absolute Gasteiger partial charge is 0.0381 e. The van der Waals surface area contributed by atoms with Gasteiger partial charge in [0.2, 0.25) is 0 Å². The van der Waals surface area contributed by atoms with Gasteiger partial charge in [-0.25, -0.2) is 0 Å². The van der Waals surface area contributed by atoms with E-state index in [9.17, 15) is 0 Å². The maximum absolute atomic E-state index is 6.50. The maximum Gasteiger partial charge on any atom is 0.0381 e. The zero-order valence-corrected chi connectivity index (χ0v) is 33.9. The van der Waals surface area contributed by atoms with Crippen LogP contribution in [0, 0.1) is 13.8 Å². The minimum Gasteiger partial charge on any atom is -0.398 e. The number of benzene rings is 3. The summed E-state index contributed by atoms with van der Waals surface area (Å²) in [6.07, 6.45) is 4.69. The van der Waals surface area contributed by atoms with Crippen molar-refractivity contribution in [2.75, 3.05) is 11.9 Å². The number of hydrogen-bond acceptors (Lipinski definition) is 1. The average Bonchev–Trinajstić information content (AvgIpc) is 2.87. The minimum absolute atomic E-state index is 0.0564. The van der Waals surface area contributed by atoms with E-state index < -0.39 is 0 Å². The van der Waals surface area contributed by atoms with Gasteiger partial charge in [0.15, 0.2) is 0 Å². The van der Waals surface area contributed by atoms with Crippen molar-refractivity contribution in [3.8, 4) is 11.1 Å². The van der Waals surface area contributed by atoms with Crippen LogP contribution in [-0.2, 0) is 39.7 Å². The van der Waals surface area contributed by atoms with Gasteiger partial charge in [-0.15, -0.1) is 8.58 Å². The monoisotopic (exact) mass is 642 g/mol. The normalized spacial score (nSPS) is 13.7. The van der Waals surface area contributed by atoms with Gasteiger partial charge >= 0.3 is 0 Å². The fourth-order valence-corrected chi connectivity index (χ4v) is 7.91. The van der Waals surface area contributed by atoms with Crippen molar-refractivity contribution in [3.63, 3.8) is 0 Å². The summed E-state index contributed by atoms with van der Waals surface area (Å²) < 4.78 is 0. The lowest BCUT2D eigenvalue weighted by atomic mass is 9.73. The van der Waals surface area contributed by atoms with Crippen LogP contribution in [0.1, 0.15) is 160 Å². The molecule has 0 amide bonds. The molecule has 2 heteroatoms. The van der Waals surface area contributed by atoms with Gasteiger partial charge < -0.3 is 5.73 Å². The van der Waals surface area contributed by atoms with E-state index >= 15 is 0 Å². The highest BCUT2D eigenvalue weighted by Gasteiger charge is 2.29. The lowest BCUT2D eigenvalue weighted by Gasteiger charge is -2.32. The Morgan fingerprint density at radius 1 is 0.543 bits per heavy atom. The molecule has 0 heterocycles. The Bertz CT molecular complexity index is 1540. The number of hydrogen-bond donors (Lipinski definition) is 1. The molecule has 46 heavy (non-hydrogen) atoms. The lowest BCUT2D eigenvalue weighted by molar-refractivity contribution is 0.563. The minimum atomic E-state index is 0.0564. The van der Waals surface area contributed by atoms with Crippen molar-refractivity contribution in [1.82, 2.24) is 0 Å². The molecule has 0 fully saturated rings. The predicted octanol–water partition coefficient (Wildman–Crippen LogP) is 12.9. The van der Waals surface area contributed by atoms with E-state index in [1.807, 2.05) is 0 Å². The van der Waals surface area contributed by atoms with Crippen molar-refractivity contribution in [2.24, 2.45) is 0 Å². The Kier molecular flexibility index (Phi) is 11.2. The summed E-state index contributed by atoms with van der Waals surface area (Å²) in [7, 11) is 0.888. The molecule has 0 aromatic heterocycles. The molecule has 0 radical (unpaired) electrons. The van der Waals surface area contributed by atoms with Crippen LogP contribution in [0.2, 0.25) is 0 Å². The van der Waals surface area contributed by atoms with Gasteiger partial charge in [-0.2, -0.15) is 0 Å². The third-order valence-corrected chi connectivity index (χ3v) is 11.0. The Balaban J connectivity index is 2.11. The van der Waals surface area contributed by atoms with E-state index in [0.29, 0.717) is 0 Å². The highest BCUT2D eigenvalue weighted by molar-refractivity contribution is 7.37. The predicted molar refractivity (Wildman–Crippen MR) is 211 cm³/mol. The van der Waals surface area contributed by atoms with Gasteiger partial charge in [0.05, 0.1) is 0 Å². The van der Waals surface area contributed by atoms with E-state index in [2.05, 4.69) is 154 Å². The van der Waals surface area contributed by atoms with Gasteiger partial charge in [0, 0.05) is 5.69 Å². The summed E-state index contributed by atoms with van der Waals surface area (Å²) in [5, 5.41) is 0. The standard InChI is InChI=1S/C44H68NP/c1-28-21-30(22-38(39(28)45)44(15,16)17)19-18-20-46-27-35-34(24-32(41(6,7)8)26-37(35)43(12,13)14)33-23-31(40(3,4)5)25-36(29(33)2)42(9,10)11/h21-26,46H,18-20,27,45H2,1-17H3. The van der Waals surface area contributed by atoms with E-state index in [0.717, 1.165) is 26.9 Å². The first kappa shape index (κ1) is 38.3. The SMILES string of the molecule is Cc1cc(CCCPCc2c(-c3cc(C(C)(C)C)cc(C(C)(C)C)c3C)cc(C(C)(C)C)cc2C(C)(C)C)cc(C(C)(C)C)c1N. The average molecular weight is 642 g/mol. The Hall–Kier alpha value is -2.11. The first-order valence-corrected chi connectivity index (χ1v) is 19.1. The molecule has 0 spiro atoms. The largest absolute Gasteiger partial charge is 0.398 e. The van der Waals surface area contributed by atoms with Gasteiger partial charge in [-0.1, -0.05) is 140 Å². The van der Waals surface area contributed by atoms with Crippen LogP contribution in [-0.4, -0.2) is 6.16 Å². The van der Waals surface area contributed by atoms with Crippen molar-refractivity contribution in [1.29, 1.82) is 0 Å². The van der Waals surface area contributed by atoms with Crippen molar-refractivity contribution in [3.05, 3.63) is 86.5 Å². The second-order valence-electron chi connectivity index (χ2n) is 19.2. The third-order valence-electron chi connectivity index (χ3n) is 9.67. The molecule has 0 aliphatic carbocycles. The molecule has 0 saturated carbocycles. The summed E-state index contributed by atoms with van der Waals surface area (Å²) in [5.74, 6) is 0. The van der Waals surface area contributed by atoms with Gasteiger partial charge in [-0.05, 0) is 127 Å². The number of anilines is 1. The molecule has 254 valence electrons. The molecular formula is C44H68NP. The quantitative estimate of drug-likeness (QED) is 0.155. The lowest BCUT2D eigenvalue weighted by Crippen LogP contribution is -2.21. The second kappa shape index (κ2) is 13.4.